The summed E-state index contributed by atoms with van der Waals surface area (Å²) in [6.07, 6.45) is 2.27. The van der Waals surface area contributed by atoms with E-state index in [1.54, 1.807) is 13.0 Å². The van der Waals surface area contributed by atoms with Crippen molar-refractivity contribution in [1.82, 2.24) is 4.31 Å². The van der Waals surface area contributed by atoms with Crippen molar-refractivity contribution >= 4 is 35.8 Å². The van der Waals surface area contributed by atoms with Gasteiger partial charge in [0, 0.05) is 17.3 Å². The van der Waals surface area contributed by atoms with E-state index >= 15 is 0 Å². The number of aryl methyl sites for hydroxylation is 1. The van der Waals surface area contributed by atoms with Crippen molar-refractivity contribution in [3.8, 4) is 0 Å². The minimum Gasteiger partial charge on any atom is -0.224 e. The molecule has 152 valence electrons. The van der Waals surface area contributed by atoms with Gasteiger partial charge in [-0.3, -0.25) is 0 Å². The van der Waals surface area contributed by atoms with Crippen LogP contribution in [-0.4, -0.2) is 33.9 Å². The van der Waals surface area contributed by atoms with Crippen LogP contribution in [0.3, 0.4) is 0 Å². The molecule has 1 aliphatic rings. The molecule has 3 rings (SSSR count). The van der Waals surface area contributed by atoms with Gasteiger partial charge in [-0.1, -0.05) is 15.9 Å². The number of sulfonamides is 1. The first-order valence-electron chi connectivity index (χ1n) is 8.70. The van der Waals surface area contributed by atoms with Crippen LogP contribution < -0.4 is 0 Å². The highest BCUT2D eigenvalue weighted by Crippen LogP contribution is 2.39. The first-order chi connectivity index (χ1) is 12.9. The lowest BCUT2D eigenvalue weighted by Gasteiger charge is -2.26. The summed E-state index contributed by atoms with van der Waals surface area (Å²) in [5.41, 5.74) is 1.33. The Labute approximate surface area is 173 Å². The summed E-state index contributed by atoms with van der Waals surface area (Å²) in [6.45, 7) is 3.47. The number of sulfone groups is 1. The zero-order valence-electron chi connectivity index (χ0n) is 15.7. The molecule has 5 nitrogen and oxygen atoms in total. The van der Waals surface area contributed by atoms with E-state index in [4.69, 9.17) is 0 Å². The third kappa shape index (κ3) is 4.03. The summed E-state index contributed by atoms with van der Waals surface area (Å²) in [5, 5.41) is 0. The Morgan fingerprint density at radius 1 is 1.04 bits per heavy atom. The maximum absolute atomic E-state index is 13.9. The first kappa shape index (κ1) is 21.4. The molecule has 0 saturated carbocycles. The normalized spacial score (nSPS) is 18.5. The van der Waals surface area contributed by atoms with Crippen LogP contribution in [-0.2, 0) is 19.9 Å². The Morgan fingerprint density at radius 2 is 1.68 bits per heavy atom. The fraction of sp³-hybridized carbons (Fsp3) is 0.368. The van der Waals surface area contributed by atoms with Crippen LogP contribution in [0.4, 0.5) is 4.39 Å². The lowest BCUT2D eigenvalue weighted by Crippen LogP contribution is -2.31. The van der Waals surface area contributed by atoms with Gasteiger partial charge in [0.05, 0.1) is 15.8 Å². The Hall–Kier alpha value is -1.29. The maximum Gasteiger partial charge on any atom is 0.243 e. The average Bonchev–Trinajstić information content (AvgIpc) is 3.05. The van der Waals surface area contributed by atoms with Gasteiger partial charge in [-0.25, -0.2) is 21.2 Å². The molecule has 0 aliphatic carbocycles. The minimum absolute atomic E-state index is 0.00956. The maximum atomic E-state index is 13.9. The number of rotatable bonds is 4. The van der Waals surface area contributed by atoms with Gasteiger partial charge in [0.2, 0.25) is 10.0 Å². The molecule has 28 heavy (non-hydrogen) atoms. The molecular formula is C19H21BrFNO4S2. The molecule has 2 aromatic carbocycles. The van der Waals surface area contributed by atoms with E-state index in [0.29, 0.717) is 35.0 Å². The largest absolute Gasteiger partial charge is 0.243 e. The summed E-state index contributed by atoms with van der Waals surface area (Å²) in [5.74, 6) is -0.445. The van der Waals surface area contributed by atoms with Crippen LogP contribution in [0, 0.1) is 19.7 Å². The average molecular weight is 490 g/mol. The quantitative estimate of drug-likeness (QED) is 0.646. The van der Waals surface area contributed by atoms with Crippen molar-refractivity contribution in [2.45, 2.75) is 42.5 Å². The van der Waals surface area contributed by atoms with Crippen LogP contribution in [0.1, 0.15) is 35.6 Å². The van der Waals surface area contributed by atoms with Crippen molar-refractivity contribution in [2.24, 2.45) is 0 Å². The third-order valence-corrected chi connectivity index (χ3v) is 8.63. The predicted molar refractivity (Wildman–Crippen MR) is 109 cm³/mol. The SMILES string of the molecule is Cc1cc(S(C)(=O)=O)c(C)c(S(=O)(=O)N2CCCC2c2cc(F)cc(Br)c2)c1. The van der Waals surface area contributed by atoms with Crippen LogP contribution in [0.25, 0.3) is 0 Å². The van der Waals surface area contributed by atoms with Gasteiger partial charge in [-0.15, -0.1) is 0 Å². The molecule has 1 heterocycles. The van der Waals surface area contributed by atoms with Crippen molar-refractivity contribution in [3.05, 3.63) is 57.3 Å². The van der Waals surface area contributed by atoms with Gasteiger partial charge < -0.3 is 0 Å². The van der Waals surface area contributed by atoms with E-state index in [1.165, 1.54) is 35.5 Å². The van der Waals surface area contributed by atoms with Crippen molar-refractivity contribution < 1.29 is 21.2 Å². The van der Waals surface area contributed by atoms with Gasteiger partial charge in [0.15, 0.2) is 9.84 Å². The number of benzene rings is 2. The summed E-state index contributed by atoms with van der Waals surface area (Å²) >= 11 is 3.25. The molecule has 9 heteroatoms. The van der Waals surface area contributed by atoms with E-state index in [9.17, 15) is 21.2 Å². The highest BCUT2D eigenvalue weighted by atomic mass is 79.9. The standard InChI is InChI=1S/C19H21BrFNO4S2/c1-12-7-18(27(3,23)24)13(2)19(8-12)28(25,26)22-6-4-5-17(22)14-9-15(20)11-16(21)10-14/h7-11,17H,4-6H2,1-3H3. The third-order valence-electron chi connectivity index (χ3n) is 4.92. The summed E-state index contributed by atoms with van der Waals surface area (Å²) in [6, 6.07) is 6.85. The summed E-state index contributed by atoms with van der Waals surface area (Å²) < 4.78 is 66.9. The zero-order valence-corrected chi connectivity index (χ0v) is 19.0. The zero-order chi connectivity index (χ0) is 20.9. The second kappa shape index (κ2) is 7.51. The minimum atomic E-state index is -3.97. The molecule has 2 aromatic rings. The van der Waals surface area contributed by atoms with E-state index in [2.05, 4.69) is 15.9 Å². The van der Waals surface area contributed by atoms with Gasteiger partial charge >= 0.3 is 0 Å². The van der Waals surface area contributed by atoms with Crippen molar-refractivity contribution in [1.29, 1.82) is 0 Å². The molecule has 1 saturated heterocycles. The molecule has 1 aliphatic heterocycles. The van der Waals surface area contributed by atoms with Crippen molar-refractivity contribution in [3.63, 3.8) is 0 Å². The molecule has 1 atom stereocenters. The predicted octanol–water partition coefficient (Wildman–Crippen LogP) is 4.13. The first-order valence-corrected chi connectivity index (χ1v) is 12.8. The molecule has 0 N–H and O–H groups in total. The highest BCUT2D eigenvalue weighted by molar-refractivity contribution is 9.10. The Kier molecular flexibility index (Phi) is 5.75. The monoisotopic (exact) mass is 489 g/mol. The van der Waals surface area contributed by atoms with Crippen LogP contribution in [0.15, 0.2) is 44.6 Å². The van der Waals surface area contributed by atoms with Crippen LogP contribution in [0.5, 0.6) is 0 Å². The van der Waals surface area contributed by atoms with E-state index in [0.717, 1.165) is 6.26 Å². The number of hydrogen-bond acceptors (Lipinski definition) is 4. The molecule has 0 radical (unpaired) electrons. The topological polar surface area (TPSA) is 71.5 Å². The molecule has 1 unspecified atom stereocenters. The molecule has 0 aromatic heterocycles. The van der Waals surface area contributed by atoms with Gasteiger partial charge in [-0.05, 0) is 73.7 Å². The smallest absolute Gasteiger partial charge is 0.224 e. The molecule has 0 bridgehead atoms. The lowest BCUT2D eigenvalue weighted by atomic mass is 10.1. The van der Waals surface area contributed by atoms with Crippen LogP contribution in [0.2, 0.25) is 0 Å². The second-order valence-corrected chi connectivity index (χ2v) is 11.9. The van der Waals surface area contributed by atoms with E-state index in [-0.39, 0.29) is 15.4 Å². The van der Waals surface area contributed by atoms with E-state index in [1.807, 2.05) is 0 Å². The Balaban J connectivity index is 2.14. The number of hydrogen-bond donors (Lipinski definition) is 0. The molecular weight excluding hydrogens is 469 g/mol. The second-order valence-electron chi connectivity index (χ2n) is 7.13. The van der Waals surface area contributed by atoms with Crippen molar-refractivity contribution in [2.75, 3.05) is 12.8 Å². The molecule has 0 spiro atoms. The fourth-order valence-electron chi connectivity index (χ4n) is 3.70. The van der Waals surface area contributed by atoms with Gasteiger partial charge in [0.1, 0.15) is 5.82 Å². The number of halogens is 2. The van der Waals surface area contributed by atoms with Crippen LogP contribution >= 0.6 is 15.9 Å². The van der Waals surface area contributed by atoms with E-state index < -0.39 is 31.7 Å². The summed E-state index contributed by atoms with van der Waals surface area (Å²) in [7, 11) is -7.54. The fourth-order valence-corrected chi connectivity index (χ4v) is 7.33. The molecule has 0 amide bonds. The Morgan fingerprint density at radius 3 is 2.29 bits per heavy atom. The van der Waals surface area contributed by atoms with Gasteiger partial charge in [0.25, 0.3) is 0 Å². The highest BCUT2D eigenvalue weighted by Gasteiger charge is 2.38. The lowest BCUT2D eigenvalue weighted by molar-refractivity contribution is 0.395. The van der Waals surface area contributed by atoms with Gasteiger partial charge in [-0.2, -0.15) is 4.31 Å². The summed E-state index contributed by atoms with van der Waals surface area (Å²) in [4.78, 5) is -0.00869. The molecule has 1 fully saturated rings. The number of nitrogens with zero attached hydrogens (tertiary/aromatic N) is 1. The Bertz CT molecular complexity index is 1130.